The van der Waals surface area contributed by atoms with Crippen LogP contribution in [0.5, 0.6) is 0 Å². The normalized spacial score (nSPS) is 16.6. The zero-order chi connectivity index (χ0) is 98.0. The quantitative estimate of drug-likeness (QED) is 0.0988. The molecule has 11 nitrogen and oxygen atoms in total. The standard InChI is InChI=1S/C34H30BNO2.C28H26BNO2.C28H18BrN.C13H11Br.C12H24B2O4.C6H4BrI/c1-33(2)34(3,4)38-35(37-33)24-20-18-23(19-21-24)29-22-30-27-15-10-11-17-31(27)36(25-12-6-5-7-13-25)32(30)28-16-9-8-14-26(28)29;1-27(2)28(3,4)32-29(31-27)24-18-23-21-15-10-11-17-25(21)30(19-12-6-5-7-13-19)26(23)22-16-9-8-14-20(22)24;29-20-16-14-19(15-17-20)25-18-26-23-11-6-7-13-27(23)30(21-8-2-1-3-9-21)28(26)24-12-5-4-10-22(24)25;14-13-8-4-7-12(10-13)9-11-5-2-1-3-6-11;1-9(2)10(3,4)16-13(15-9)14-17-11(5,6)12(7,8)18-14;7-5-1-3-6(8)4-2-5/h5-22H,1-4H3;5-18H,1-4H3;1-18H;1-8,10H,9H2;1-8H3;1-4H. The van der Waals surface area contributed by atoms with Gasteiger partial charge in [-0.2, -0.15) is 0 Å². The Balaban J connectivity index is 0.000000113. The fraction of sp³-hybridized carbons (Fsp3) is 0.207. The molecule has 0 spiro atoms. The van der Waals surface area contributed by atoms with Crippen LogP contribution in [0.1, 0.15) is 122 Å². The van der Waals surface area contributed by atoms with Gasteiger partial charge >= 0.3 is 28.3 Å². The van der Waals surface area contributed by atoms with E-state index < -0.39 is 21.1 Å². The topological polar surface area (TPSA) is 88.6 Å². The number of hydrogen-bond donors (Lipinski definition) is 0. The summed E-state index contributed by atoms with van der Waals surface area (Å²) in [4.78, 5) is 0. The van der Waals surface area contributed by atoms with Gasteiger partial charge in [0.05, 0.1) is 77.9 Å². The minimum absolute atomic E-state index is 0.357. The number of para-hydroxylation sites is 6. The first kappa shape index (κ1) is 97.8. The molecule has 19 heteroatoms. The molecule has 3 aromatic heterocycles. The molecule has 4 aliphatic rings. The highest BCUT2D eigenvalue weighted by Crippen LogP contribution is 2.48. The van der Waals surface area contributed by atoms with Gasteiger partial charge in [0.2, 0.25) is 0 Å². The zero-order valence-corrected chi connectivity index (χ0v) is 88.9. The molecule has 24 rings (SSSR count). The van der Waals surface area contributed by atoms with Gasteiger partial charge in [0.25, 0.3) is 0 Å². The maximum absolute atomic E-state index is 6.48. The number of hydrogen-bond acceptors (Lipinski definition) is 8. The fourth-order valence-corrected chi connectivity index (χ4v) is 20.3. The second kappa shape index (κ2) is 39.4. The third kappa shape index (κ3) is 19.3. The fourth-order valence-electron chi connectivity index (χ4n) is 19.0. The predicted octanol–water partition coefficient (Wildman–Crippen LogP) is 31.8. The van der Waals surface area contributed by atoms with Crippen molar-refractivity contribution in [2.75, 3.05) is 0 Å². The van der Waals surface area contributed by atoms with Crippen LogP contribution in [0.15, 0.2) is 396 Å². The first-order valence-corrected chi connectivity index (χ1v) is 51.5. The lowest BCUT2D eigenvalue weighted by Gasteiger charge is -2.32. The van der Waals surface area contributed by atoms with Crippen LogP contribution in [0.4, 0.5) is 0 Å². The summed E-state index contributed by atoms with van der Waals surface area (Å²) in [5, 5.41) is 14.9. The van der Waals surface area contributed by atoms with Gasteiger partial charge in [-0.15, -0.1) is 0 Å². The van der Waals surface area contributed by atoms with Gasteiger partial charge in [0.15, 0.2) is 0 Å². The molecule has 140 heavy (non-hydrogen) atoms. The molecule has 0 atom stereocenters. The molecule has 7 heterocycles. The number of rotatable bonds is 10. The molecule has 4 saturated heterocycles. The molecule has 0 amide bonds. The predicted molar refractivity (Wildman–Crippen MR) is 607 cm³/mol. The lowest BCUT2D eigenvalue weighted by molar-refractivity contribution is 0.00578. The van der Waals surface area contributed by atoms with E-state index >= 15 is 0 Å². The summed E-state index contributed by atoms with van der Waals surface area (Å²) >= 11 is 12.7. The molecule has 700 valence electrons. The van der Waals surface area contributed by atoms with Gasteiger partial charge in [-0.05, 0) is 316 Å². The van der Waals surface area contributed by atoms with Crippen molar-refractivity contribution in [2.24, 2.45) is 0 Å². The first-order chi connectivity index (χ1) is 67.0. The Labute approximate surface area is 862 Å². The number of halogens is 4. The molecule has 0 saturated carbocycles. The minimum Gasteiger partial charge on any atom is -0.405 e. The Kier molecular flexibility index (Phi) is 27.5. The van der Waals surface area contributed by atoms with Crippen molar-refractivity contribution in [2.45, 2.75) is 162 Å². The van der Waals surface area contributed by atoms with Crippen LogP contribution in [0.2, 0.25) is 0 Å². The van der Waals surface area contributed by atoms with Crippen molar-refractivity contribution in [1.29, 1.82) is 0 Å². The van der Waals surface area contributed by atoms with E-state index in [2.05, 4.69) is 503 Å². The van der Waals surface area contributed by atoms with E-state index in [9.17, 15) is 0 Å². The van der Waals surface area contributed by atoms with Crippen molar-refractivity contribution < 1.29 is 37.2 Å². The minimum atomic E-state index is -0.476. The number of benzene rings is 17. The number of aromatic nitrogens is 3. The monoisotopic (exact) mass is 2140 g/mol. The van der Waals surface area contributed by atoms with E-state index in [4.69, 9.17) is 37.2 Å². The summed E-state index contributed by atoms with van der Waals surface area (Å²) in [6.45, 7) is 33.0. The Bertz CT molecular complexity index is 7820. The lowest BCUT2D eigenvalue weighted by atomic mass is 9.49. The summed E-state index contributed by atoms with van der Waals surface area (Å²) in [6, 6.07) is 135. The molecule has 0 unspecified atom stereocenters. The largest absolute Gasteiger partial charge is 0.495 e. The van der Waals surface area contributed by atoms with Crippen LogP contribution < -0.4 is 10.9 Å². The summed E-state index contributed by atoms with van der Waals surface area (Å²) in [6.07, 6.45) is 1.00. The Morgan fingerprint density at radius 2 is 0.521 bits per heavy atom. The number of fused-ring (bicyclic) bond motifs is 15. The van der Waals surface area contributed by atoms with Crippen molar-refractivity contribution in [3.63, 3.8) is 0 Å². The van der Waals surface area contributed by atoms with Crippen LogP contribution >= 0.6 is 70.4 Å². The molecule has 0 aliphatic carbocycles. The summed E-state index contributed by atoms with van der Waals surface area (Å²) in [5.41, 5.74) is 17.7. The van der Waals surface area contributed by atoms with Crippen molar-refractivity contribution >= 4 is 207 Å². The smallest absolute Gasteiger partial charge is 0.405 e. The van der Waals surface area contributed by atoms with Gasteiger partial charge in [-0.1, -0.05) is 315 Å². The lowest BCUT2D eigenvalue weighted by Crippen LogP contribution is -2.41. The average Bonchev–Trinajstić information content (AvgIpc) is 1.56. The molecular weight excluding hydrogens is 2030 g/mol. The molecule has 0 N–H and O–H groups in total. The first-order valence-electron chi connectivity index (χ1n) is 48.0. The maximum atomic E-state index is 6.48. The van der Waals surface area contributed by atoms with Crippen LogP contribution in [0.3, 0.4) is 0 Å². The van der Waals surface area contributed by atoms with Gasteiger partial charge < -0.3 is 50.9 Å². The highest BCUT2D eigenvalue weighted by Gasteiger charge is 2.64. The van der Waals surface area contributed by atoms with Gasteiger partial charge in [0.1, 0.15) is 0 Å². The van der Waals surface area contributed by atoms with Gasteiger partial charge in [-0.3, -0.25) is 0 Å². The highest BCUT2D eigenvalue weighted by molar-refractivity contribution is 14.1. The molecule has 17 aromatic carbocycles. The Morgan fingerprint density at radius 1 is 0.236 bits per heavy atom. The van der Waals surface area contributed by atoms with Gasteiger partial charge in [-0.25, -0.2) is 0 Å². The van der Waals surface area contributed by atoms with Crippen molar-refractivity contribution in [3.8, 4) is 39.3 Å². The van der Waals surface area contributed by atoms with E-state index in [1.807, 2.05) is 73.6 Å². The van der Waals surface area contributed by atoms with Crippen LogP contribution in [0.25, 0.3) is 137 Å². The molecule has 0 bridgehead atoms. The molecule has 20 aromatic rings. The Morgan fingerprint density at radius 3 is 0.886 bits per heavy atom. The second-order valence-corrected chi connectivity index (χ2v) is 44.5. The zero-order valence-electron chi connectivity index (χ0n) is 82.0. The summed E-state index contributed by atoms with van der Waals surface area (Å²) in [7, 11) is -1.72. The van der Waals surface area contributed by atoms with E-state index in [1.165, 1.54) is 146 Å². The third-order valence-corrected chi connectivity index (χ3v) is 31.5. The van der Waals surface area contributed by atoms with Crippen LogP contribution in [-0.4, -0.2) is 86.8 Å². The van der Waals surface area contributed by atoms with Crippen molar-refractivity contribution in [3.05, 3.63) is 410 Å². The summed E-state index contributed by atoms with van der Waals surface area (Å²) < 4.78 is 61.2. The van der Waals surface area contributed by atoms with Crippen LogP contribution in [0, 0.1) is 3.57 Å². The Hall–Kier alpha value is -11.0. The maximum Gasteiger partial charge on any atom is 0.495 e. The third-order valence-electron chi connectivity index (χ3n) is 29.2. The van der Waals surface area contributed by atoms with Crippen molar-refractivity contribution in [1.82, 2.24) is 13.7 Å². The SMILES string of the molecule is Brc1ccc(-c2cc3c4ccccc4n(-c4ccccc4)c3c3ccccc23)cc1.Brc1ccc(I)cc1.Brc1cccc(Cc2ccccc2)c1.CC1(C)OB(B2OC(C)(C)C(C)(C)O2)OC1(C)C.CC1(C)OB(c2cc3c4ccccc4n(-c4ccccc4)c3c3ccccc23)OC1(C)C.CC1(C)OB(c2ccc(-c3cc4c5ccccc5n(-c5ccccc5)c4c4ccccc34)cc2)OC1(C)C. The molecule has 4 aliphatic heterocycles. The second-order valence-electron chi connectivity index (χ2n) is 40.5. The van der Waals surface area contributed by atoms with Gasteiger partial charge in [0, 0.05) is 82.5 Å². The van der Waals surface area contributed by atoms with E-state index in [0.29, 0.717) is 0 Å². The van der Waals surface area contributed by atoms with E-state index in [-0.39, 0.29) is 51.9 Å². The number of nitrogens with zero attached hydrogens (tertiary/aromatic N) is 3. The summed E-state index contributed by atoms with van der Waals surface area (Å²) in [5.74, 6) is 0. The molecule has 4 fully saturated rings. The highest BCUT2D eigenvalue weighted by atomic mass is 127. The molecule has 0 radical (unpaired) electrons. The average molecular weight is 2150 g/mol. The van der Waals surface area contributed by atoms with Crippen LogP contribution in [-0.2, 0) is 43.7 Å². The van der Waals surface area contributed by atoms with E-state index in [0.717, 1.165) is 36.5 Å². The van der Waals surface area contributed by atoms with E-state index in [1.54, 1.807) is 0 Å². The molecular formula is C121H113B4Br3IN3O8.